The van der Waals surface area contributed by atoms with Crippen LogP contribution in [0.1, 0.15) is 18.1 Å². The molecular weight excluding hydrogens is 360 g/mol. The second-order valence-corrected chi connectivity index (χ2v) is 6.78. The van der Waals surface area contributed by atoms with Crippen molar-refractivity contribution in [1.82, 2.24) is 5.32 Å². The molecule has 0 aliphatic heterocycles. The summed E-state index contributed by atoms with van der Waals surface area (Å²) in [6.45, 7) is 3.85. The minimum Gasteiger partial charge on any atom is -0.457 e. The maximum atomic E-state index is 11.2. The molecule has 8 heteroatoms. The zero-order chi connectivity index (χ0) is 18.2. The van der Waals surface area contributed by atoms with Crippen molar-refractivity contribution >= 4 is 29.7 Å². The zero-order valence-electron chi connectivity index (χ0n) is 14.2. The van der Waals surface area contributed by atoms with Crippen molar-refractivity contribution in [2.24, 2.45) is 5.90 Å². The van der Waals surface area contributed by atoms with Gasteiger partial charge in [-0.05, 0) is 55.1 Å². The molecule has 0 unspecified atom stereocenters. The number of nitrogens with one attached hydrogen (secondary N) is 1. The fraction of sp³-hybridized carbons (Fsp3) is 0.235. The van der Waals surface area contributed by atoms with Gasteiger partial charge < -0.3 is 10.1 Å². The van der Waals surface area contributed by atoms with Crippen LogP contribution in [0.2, 0.25) is 0 Å². The number of benzene rings is 2. The van der Waals surface area contributed by atoms with E-state index in [1.54, 1.807) is 11.8 Å². The van der Waals surface area contributed by atoms with Crippen LogP contribution in [0.5, 0.6) is 11.5 Å². The van der Waals surface area contributed by atoms with Gasteiger partial charge in [0.05, 0.1) is 12.0 Å². The third-order valence-electron chi connectivity index (χ3n) is 3.32. The topological polar surface area (TPSA) is 82.8 Å². The molecule has 134 valence electrons. The molecule has 0 saturated carbocycles. The third-order valence-corrected chi connectivity index (χ3v) is 4.81. The average molecular weight is 380 g/mol. The van der Waals surface area contributed by atoms with Crippen LogP contribution in [0.4, 0.5) is 0 Å². The highest BCUT2D eigenvalue weighted by Gasteiger charge is 2.10. The molecule has 0 atom stereocenters. The Morgan fingerprint density at radius 2 is 2.04 bits per heavy atom. The fourth-order valence-electron chi connectivity index (χ4n) is 2.17. The van der Waals surface area contributed by atoms with E-state index in [1.807, 2.05) is 49.6 Å². The average Bonchev–Trinajstić information content (AvgIpc) is 2.59. The molecular formula is C17H20N2O4S2. The molecule has 2 aromatic carbocycles. The number of rotatable bonds is 8. The SMILES string of the molecule is CSc1ccc(Oc2ccc(SOON)cc2CNC(C)=O)cc1C. The predicted molar refractivity (Wildman–Crippen MR) is 99.2 cm³/mol. The highest BCUT2D eigenvalue weighted by atomic mass is 32.2. The van der Waals surface area contributed by atoms with Crippen molar-refractivity contribution in [3.63, 3.8) is 0 Å². The van der Waals surface area contributed by atoms with Gasteiger partial charge in [-0.25, -0.2) is 0 Å². The van der Waals surface area contributed by atoms with Crippen molar-refractivity contribution in [1.29, 1.82) is 0 Å². The summed E-state index contributed by atoms with van der Waals surface area (Å²) >= 11 is 2.67. The van der Waals surface area contributed by atoms with Gasteiger partial charge in [0.15, 0.2) is 0 Å². The summed E-state index contributed by atoms with van der Waals surface area (Å²) in [5, 5.41) is 2.77. The van der Waals surface area contributed by atoms with Crippen molar-refractivity contribution in [2.45, 2.75) is 30.2 Å². The van der Waals surface area contributed by atoms with Gasteiger partial charge >= 0.3 is 0 Å². The number of carbonyl (C=O) groups excluding carboxylic acids is 1. The predicted octanol–water partition coefficient (Wildman–Crippen LogP) is 3.97. The van der Waals surface area contributed by atoms with E-state index >= 15 is 0 Å². The van der Waals surface area contributed by atoms with Crippen molar-refractivity contribution in [3.8, 4) is 11.5 Å². The van der Waals surface area contributed by atoms with Crippen LogP contribution in [-0.2, 0) is 20.7 Å². The normalized spacial score (nSPS) is 10.6. The standard InChI is InChI=1S/C17H20N2O4S2/c1-11-8-14(4-7-17(11)24-3)21-16-6-5-15(25-23-22-18)9-13(16)10-19-12(2)20/h4-9H,10,18H2,1-3H3,(H,19,20). The molecule has 0 bridgehead atoms. The molecule has 0 spiro atoms. The molecule has 0 radical (unpaired) electrons. The summed E-state index contributed by atoms with van der Waals surface area (Å²) in [5.41, 5.74) is 1.96. The van der Waals surface area contributed by atoms with Crippen LogP contribution in [0, 0.1) is 6.92 Å². The van der Waals surface area contributed by atoms with Gasteiger partial charge in [0, 0.05) is 28.8 Å². The maximum absolute atomic E-state index is 11.2. The van der Waals surface area contributed by atoms with E-state index < -0.39 is 0 Å². The van der Waals surface area contributed by atoms with Gasteiger partial charge in [0.1, 0.15) is 11.5 Å². The first kappa shape index (κ1) is 19.6. The number of carbonyl (C=O) groups is 1. The maximum Gasteiger partial charge on any atom is 0.217 e. The molecule has 0 fully saturated rings. The lowest BCUT2D eigenvalue weighted by molar-refractivity contribution is -0.195. The van der Waals surface area contributed by atoms with E-state index in [9.17, 15) is 4.79 Å². The van der Waals surface area contributed by atoms with Crippen molar-refractivity contribution in [2.75, 3.05) is 6.26 Å². The zero-order valence-corrected chi connectivity index (χ0v) is 15.8. The molecule has 6 nitrogen and oxygen atoms in total. The summed E-state index contributed by atoms with van der Waals surface area (Å²) in [7, 11) is 0. The van der Waals surface area contributed by atoms with Crippen LogP contribution >= 0.6 is 23.8 Å². The molecule has 1 amide bonds. The number of hydrogen-bond donors (Lipinski definition) is 2. The van der Waals surface area contributed by atoms with E-state index in [-0.39, 0.29) is 5.91 Å². The Kier molecular flexibility index (Phi) is 7.60. The molecule has 0 aliphatic rings. The first-order chi connectivity index (χ1) is 12.0. The second kappa shape index (κ2) is 9.69. The van der Waals surface area contributed by atoms with E-state index in [4.69, 9.17) is 10.6 Å². The Labute approximate surface area is 155 Å². The molecule has 2 rings (SSSR count). The van der Waals surface area contributed by atoms with Gasteiger partial charge in [0.25, 0.3) is 0 Å². The quantitative estimate of drug-likeness (QED) is 0.310. The van der Waals surface area contributed by atoms with Gasteiger partial charge in [-0.15, -0.1) is 21.1 Å². The highest BCUT2D eigenvalue weighted by molar-refractivity contribution is 7.98. The molecule has 0 aliphatic carbocycles. The van der Waals surface area contributed by atoms with Gasteiger partial charge in [-0.3, -0.25) is 4.79 Å². The molecule has 3 N–H and O–H groups in total. The number of amides is 1. The summed E-state index contributed by atoms with van der Waals surface area (Å²) in [5.74, 6) is 6.13. The second-order valence-electron chi connectivity index (χ2n) is 5.16. The Morgan fingerprint density at radius 3 is 2.68 bits per heavy atom. The van der Waals surface area contributed by atoms with Crippen LogP contribution in [-0.4, -0.2) is 12.2 Å². The smallest absolute Gasteiger partial charge is 0.217 e. The largest absolute Gasteiger partial charge is 0.457 e. The monoisotopic (exact) mass is 380 g/mol. The lowest BCUT2D eigenvalue weighted by Gasteiger charge is -2.14. The van der Waals surface area contributed by atoms with Crippen LogP contribution < -0.4 is 16.0 Å². The van der Waals surface area contributed by atoms with E-state index in [0.717, 1.165) is 33.8 Å². The van der Waals surface area contributed by atoms with Gasteiger partial charge in [-0.1, -0.05) is 0 Å². The summed E-state index contributed by atoms with van der Waals surface area (Å²) in [6.07, 6.45) is 2.04. The highest BCUT2D eigenvalue weighted by Crippen LogP contribution is 2.32. The number of nitrogens with two attached hydrogens (primary N) is 1. The number of aryl methyl sites for hydroxylation is 1. The minimum atomic E-state index is -0.120. The number of thioether (sulfide) groups is 1. The first-order valence-corrected chi connectivity index (χ1v) is 9.40. The van der Waals surface area contributed by atoms with Crippen LogP contribution in [0.15, 0.2) is 46.2 Å². The summed E-state index contributed by atoms with van der Waals surface area (Å²) in [4.78, 5) is 17.3. The van der Waals surface area contributed by atoms with Crippen molar-refractivity contribution < 1.29 is 18.9 Å². The van der Waals surface area contributed by atoms with Crippen LogP contribution in [0.25, 0.3) is 0 Å². The molecule has 0 saturated heterocycles. The van der Waals surface area contributed by atoms with E-state index in [0.29, 0.717) is 12.3 Å². The lowest BCUT2D eigenvalue weighted by atomic mass is 10.2. The minimum absolute atomic E-state index is 0.120. The van der Waals surface area contributed by atoms with E-state index in [2.05, 4.69) is 14.6 Å². The number of ether oxygens (including phenoxy) is 1. The van der Waals surface area contributed by atoms with Gasteiger partial charge in [-0.2, -0.15) is 5.90 Å². The summed E-state index contributed by atoms with van der Waals surface area (Å²) < 4.78 is 10.7. The third kappa shape index (κ3) is 5.94. The molecule has 0 aromatic heterocycles. The van der Waals surface area contributed by atoms with Crippen LogP contribution in [0.3, 0.4) is 0 Å². The molecule has 2 aromatic rings. The van der Waals surface area contributed by atoms with Crippen molar-refractivity contribution in [3.05, 3.63) is 47.5 Å². The summed E-state index contributed by atoms with van der Waals surface area (Å²) in [6, 6.07) is 11.4. The van der Waals surface area contributed by atoms with Gasteiger partial charge in [0.2, 0.25) is 5.91 Å². The molecule has 25 heavy (non-hydrogen) atoms. The fourth-order valence-corrected chi connectivity index (χ4v) is 3.18. The molecule has 0 heterocycles. The Bertz CT molecular complexity index is 741. The number of hydrogen-bond acceptors (Lipinski definition) is 7. The Balaban J connectivity index is 2.24. The first-order valence-electron chi connectivity index (χ1n) is 7.43. The van der Waals surface area contributed by atoms with E-state index in [1.165, 1.54) is 11.8 Å². The lowest BCUT2D eigenvalue weighted by Crippen LogP contribution is -2.19. The Morgan fingerprint density at radius 1 is 1.24 bits per heavy atom. The Hall–Kier alpha value is -1.71.